The maximum Gasteiger partial charge on any atom is 0.234 e. The molecule has 6 heteroatoms. The van der Waals surface area contributed by atoms with Crippen LogP contribution in [0.5, 0.6) is 11.5 Å². The van der Waals surface area contributed by atoms with Crippen LogP contribution in [-0.4, -0.2) is 44.9 Å². The zero-order valence-electron chi connectivity index (χ0n) is 11.2. The Kier molecular flexibility index (Phi) is 6.70. The van der Waals surface area contributed by atoms with Crippen LogP contribution >= 0.6 is 0 Å². The highest BCUT2D eigenvalue weighted by Gasteiger charge is 2.07. The van der Waals surface area contributed by atoms with Crippen molar-refractivity contribution in [3.8, 4) is 11.5 Å². The third-order valence-corrected chi connectivity index (χ3v) is 2.53. The molecule has 1 aromatic carbocycles. The number of methoxy groups -OCH3 is 2. The van der Waals surface area contributed by atoms with E-state index < -0.39 is 0 Å². The van der Waals surface area contributed by atoms with Crippen LogP contribution in [0, 0.1) is 0 Å². The summed E-state index contributed by atoms with van der Waals surface area (Å²) in [4.78, 5) is 11.4. The molecule has 0 saturated heterocycles. The maximum atomic E-state index is 11.4. The predicted molar refractivity (Wildman–Crippen MR) is 71.3 cm³/mol. The Balaban J connectivity index is 2.35. The van der Waals surface area contributed by atoms with Gasteiger partial charge in [-0.25, -0.2) is 0 Å². The summed E-state index contributed by atoms with van der Waals surface area (Å²) in [6, 6.07) is 5.23. The van der Waals surface area contributed by atoms with Gasteiger partial charge in [-0.05, 0) is 6.07 Å². The molecule has 0 aromatic heterocycles. The Morgan fingerprint density at radius 3 is 2.84 bits per heavy atom. The highest BCUT2D eigenvalue weighted by atomic mass is 16.5. The van der Waals surface area contributed by atoms with Crippen molar-refractivity contribution in [1.82, 2.24) is 10.6 Å². The number of para-hydroxylation sites is 1. The summed E-state index contributed by atoms with van der Waals surface area (Å²) in [5, 5.41) is 15.5. The van der Waals surface area contributed by atoms with Crippen molar-refractivity contribution in [1.29, 1.82) is 0 Å². The molecule has 1 aromatic rings. The molecule has 0 fully saturated rings. The standard InChI is InChI=1S/C13H20N2O4/c1-18-7-6-15-12(16)9-14-8-10-4-3-5-11(19-2)13(10)17/h3-5,14,17H,6-9H2,1-2H3,(H,15,16). The van der Waals surface area contributed by atoms with Gasteiger partial charge in [0.25, 0.3) is 0 Å². The number of phenolic OH excluding ortho intramolecular Hbond substituents is 1. The lowest BCUT2D eigenvalue weighted by Crippen LogP contribution is -2.35. The molecule has 1 amide bonds. The number of aromatic hydroxyl groups is 1. The Bertz CT molecular complexity index is 410. The average Bonchev–Trinajstić information content (AvgIpc) is 2.41. The number of carbonyl (C=O) groups is 1. The second-order valence-electron chi connectivity index (χ2n) is 3.91. The van der Waals surface area contributed by atoms with E-state index in [1.54, 1.807) is 25.3 Å². The van der Waals surface area contributed by atoms with E-state index in [2.05, 4.69) is 10.6 Å². The molecule has 19 heavy (non-hydrogen) atoms. The first kappa shape index (κ1) is 15.3. The van der Waals surface area contributed by atoms with Gasteiger partial charge in [-0.2, -0.15) is 0 Å². The molecular weight excluding hydrogens is 248 g/mol. The minimum Gasteiger partial charge on any atom is -0.504 e. The molecule has 0 saturated carbocycles. The predicted octanol–water partition coefficient (Wildman–Crippen LogP) is 0.253. The number of hydrogen-bond donors (Lipinski definition) is 3. The van der Waals surface area contributed by atoms with E-state index in [1.807, 2.05) is 0 Å². The van der Waals surface area contributed by atoms with Gasteiger partial charge in [-0.1, -0.05) is 12.1 Å². The van der Waals surface area contributed by atoms with Crippen molar-refractivity contribution < 1.29 is 19.4 Å². The van der Waals surface area contributed by atoms with Crippen LogP contribution < -0.4 is 15.4 Å². The van der Waals surface area contributed by atoms with Crippen molar-refractivity contribution in [2.45, 2.75) is 6.54 Å². The molecular formula is C13H20N2O4. The third-order valence-electron chi connectivity index (χ3n) is 2.53. The van der Waals surface area contributed by atoms with Gasteiger partial charge in [0.2, 0.25) is 5.91 Å². The molecule has 0 radical (unpaired) electrons. The summed E-state index contributed by atoms with van der Waals surface area (Å²) in [5.74, 6) is 0.403. The van der Waals surface area contributed by atoms with Gasteiger partial charge in [0.15, 0.2) is 11.5 Å². The number of phenols is 1. The molecule has 0 aliphatic heterocycles. The quantitative estimate of drug-likeness (QED) is 0.589. The fraction of sp³-hybridized carbons (Fsp3) is 0.462. The second kappa shape index (κ2) is 8.34. The monoisotopic (exact) mass is 268 g/mol. The summed E-state index contributed by atoms with van der Waals surface area (Å²) >= 11 is 0. The second-order valence-corrected chi connectivity index (χ2v) is 3.91. The molecule has 0 aliphatic carbocycles. The van der Waals surface area contributed by atoms with Crippen LogP contribution in [0.25, 0.3) is 0 Å². The van der Waals surface area contributed by atoms with Gasteiger partial charge in [-0.15, -0.1) is 0 Å². The Morgan fingerprint density at radius 1 is 1.37 bits per heavy atom. The van der Waals surface area contributed by atoms with E-state index in [1.165, 1.54) is 7.11 Å². The molecule has 0 atom stereocenters. The van der Waals surface area contributed by atoms with Gasteiger partial charge in [0.1, 0.15) is 0 Å². The summed E-state index contributed by atoms with van der Waals surface area (Å²) in [6.07, 6.45) is 0. The van der Waals surface area contributed by atoms with Crippen LogP contribution in [0.4, 0.5) is 0 Å². The maximum absolute atomic E-state index is 11.4. The number of amides is 1. The molecule has 106 valence electrons. The topological polar surface area (TPSA) is 79.8 Å². The van der Waals surface area contributed by atoms with Gasteiger partial charge in [0.05, 0.1) is 20.3 Å². The minimum absolute atomic E-state index is 0.0947. The molecule has 0 unspecified atom stereocenters. The van der Waals surface area contributed by atoms with Crippen LogP contribution in [0.15, 0.2) is 18.2 Å². The summed E-state index contributed by atoms with van der Waals surface area (Å²) in [5.41, 5.74) is 0.684. The van der Waals surface area contributed by atoms with Crippen molar-refractivity contribution in [3.05, 3.63) is 23.8 Å². The molecule has 0 aliphatic rings. The molecule has 0 spiro atoms. The van der Waals surface area contributed by atoms with Gasteiger partial charge < -0.3 is 25.2 Å². The van der Waals surface area contributed by atoms with E-state index >= 15 is 0 Å². The third kappa shape index (κ3) is 5.15. The SMILES string of the molecule is COCCNC(=O)CNCc1cccc(OC)c1O. The van der Waals surface area contributed by atoms with E-state index in [9.17, 15) is 9.90 Å². The van der Waals surface area contributed by atoms with E-state index in [-0.39, 0.29) is 18.2 Å². The Labute approximate surface area is 112 Å². The van der Waals surface area contributed by atoms with E-state index in [4.69, 9.17) is 9.47 Å². The van der Waals surface area contributed by atoms with Crippen molar-refractivity contribution in [2.75, 3.05) is 33.9 Å². The number of carbonyl (C=O) groups excluding carboxylic acids is 1. The normalized spacial score (nSPS) is 10.2. The lowest BCUT2D eigenvalue weighted by molar-refractivity contribution is -0.120. The zero-order chi connectivity index (χ0) is 14.1. The van der Waals surface area contributed by atoms with E-state index in [0.29, 0.717) is 31.0 Å². The first-order valence-corrected chi connectivity index (χ1v) is 6.00. The number of rotatable bonds is 8. The Hall–Kier alpha value is -1.79. The molecule has 1 rings (SSSR count). The smallest absolute Gasteiger partial charge is 0.234 e. The lowest BCUT2D eigenvalue weighted by Gasteiger charge is -2.10. The summed E-state index contributed by atoms with van der Waals surface area (Å²) in [6.45, 7) is 1.55. The van der Waals surface area contributed by atoms with Crippen molar-refractivity contribution in [3.63, 3.8) is 0 Å². The van der Waals surface area contributed by atoms with Crippen molar-refractivity contribution >= 4 is 5.91 Å². The highest BCUT2D eigenvalue weighted by molar-refractivity contribution is 5.77. The zero-order valence-corrected chi connectivity index (χ0v) is 11.2. The van der Waals surface area contributed by atoms with Gasteiger partial charge >= 0.3 is 0 Å². The molecule has 0 heterocycles. The fourth-order valence-corrected chi connectivity index (χ4v) is 1.54. The van der Waals surface area contributed by atoms with Crippen LogP contribution in [0.3, 0.4) is 0 Å². The molecule has 0 bridgehead atoms. The van der Waals surface area contributed by atoms with Crippen LogP contribution in [-0.2, 0) is 16.1 Å². The number of benzene rings is 1. The molecule has 3 N–H and O–H groups in total. The number of ether oxygens (including phenoxy) is 2. The van der Waals surface area contributed by atoms with E-state index in [0.717, 1.165) is 0 Å². The minimum atomic E-state index is -0.112. The lowest BCUT2D eigenvalue weighted by atomic mass is 10.2. The van der Waals surface area contributed by atoms with Crippen LogP contribution in [0.2, 0.25) is 0 Å². The van der Waals surface area contributed by atoms with Crippen molar-refractivity contribution in [2.24, 2.45) is 0 Å². The van der Waals surface area contributed by atoms with Gasteiger partial charge in [0, 0.05) is 25.8 Å². The average molecular weight is 268 g/mol. The highest BCUT2D eigenvalue weighted by Crippen LogP contribution is 2.28. The first-order chi connectivity index (χ1) is 9.19. The first-order valence-electron chi connectivity index (χ1n) is 6.00. The molecule has 6 nitrogen and oxygen atoms in total. The summed E-state index contributed by atoms with van der Waals surface area (Å²) in [7, 11) is 3.07. The summed E-state index contributed by atoms with van der Waals surface area (Å²) < 4.78 is 9.83. The number of nitrogens with one attached hydrogen (secondary N) is 2. The largest absolute Gasteiger partial charge is 0.504 e. The van der Waals surface area contributed by atoms with Crippen LogP contribution in [0.1, 0.15) is 5.56 Å². The number of hydrogen-bond acceptors (Lipinski definition) is 5. The Morgan fingerprint density at radius 2 is 2.16 bits per heavy atom. The van der Waals surface area contributed by atoms with Gasteiger partial charge in [-0.3, -0.25) is 4.79 Å². The fourth-order valence-electron chi connectivity index (χ4n) is 1.54.